The zero-order valence-electron chi connectivity index (χ0n) is 10.9. The zero-order valence-corrected chi connectivity index (χ0v) is 10.9. The van der Waals surface area contributed by atoms with Gasteiger partial charge in [0.15, 0.2) is 0 Å². The Hall–Kier alpha value is -0.410. The van der Waals surface area contributed by atoms with Crippen LogP contribution in [0.5, 0.6) is 0 Å². The fourth-order valence-electron chi connectivity index (χ4n) is 3.91. The first-order valence-corrected chi connectivity index (χ1v) is 7.27. The third-order valence-corrected chi connectivity index (χ3v) is 4.89. The van der Waals surface area contributed by atoms with Crippen molar-refractivity contribution in [1.29, 1.82) is 0 Å². The summed E-state index contributed by atoms with van der Waals surface area (Å²) in [7, 11) is 0. The van der Waals surface area contributed by atoms with Gasteiger partial charge in [0.25, 0.3) is 0 Å². The second-order valence-electron chi connectivity index (χ2n) is 6.28. The standard InChI is InChI=1S/C14H25N3/c1-10-5-6-14(16-10)13(15)9-17-7-11-3-2-4-12(11)8-17/h10-13H,2-9,15H2,1H3. The Labute approximate surface area is 104 Å². The SMILES string of the molecule is CC1CCC(C(N)CN2CC3CCCC3C2)=N1. The van der Waals surface area contributed by atoms with E-state index in [9.17, 15) is 0 Å². The van der Waals surface area contributed by atoms with Gasteiger partial charge in [0.05, 0.1) is 6.04 Å². The van der Waals surface area contributed by atoms with E-state index in [1.807, 2.05) is 0 Å². The second kappa shape index (κ2) is 4.69. The maximum atomic E-state index is 6.30. The van der Waals surface area contributed by atoms with Crippen LogP contribution in [-0.2, 0) is 0 Å². The summed E-state index contributed by atoms with van der Waals surface area (Å²) in [6, 6.07) is 0.702. The molecule has 0 aromatic heterocycles. The van der Waals surface area contributed by atoms with Crippen LogP contribution in [-0.4, -0.2) is 42.3 Å². The molecule has 0 radical (unpaired) electrons. The van der Waals surface area contributed by atoms with Crippen LogP contribution in [0.3, 0.4) is 0 Å². The summed E-state index contributed by atoms with van der Waals surface area (Å²) < 4.78 is 0. The summed E-state index contributed by atoms with van der Waals surface area (Å²) in [6.07, 6.45) is 6.69. The summed E-state index contributed by atoms with van der Waals surface area (Å²) in [4.78, 5) is 7.26. The van der Waals surface area contributed by atoms with Crippen LogP contribution in [0, 0.1) is 11.8 Å². The molecule has 0 aromatic carbocycles. The normalized spacial score (nSPS) is 39.4. The Kier molecular flexibility index (Phi) is 3.22. The first-order chi connectivity index (χ1) is 8.22. The summed E-state index contributed by atoms with van der Waals surface area (Å²) >= 11 is 0. The molecule has 4 atom stereocenters. The van der Waals surface area contributed by atoms with Crippen molar-refractivity contribution in [1.82, 2.24) is 4.90 Å². The van der Waals surface area contributed by atoms with Crippen LogP contribution in [0.2, 0.25) is 0 Å². The number of hydrogen-bond acceptors (Lipinski definition) is 3. The van der Waals surface area contributed by atoms with Gasteiger partial charge in [-0.2, -0.15) is 0 Å². The molecule has 0 bridgehead atoms. The largest absolute Gasteiger partial charge is 0.322 e. The Balaban J connectivity index is 1.52. The van der Waals surface area contributed by atoms with Crippen LogP contribution in [0.25, 0.3) is 0 Å². The van der Waals surface area contributed by atoms with Crippen molar-refractivity contribution in [2.24, 2.45) is 22.6 Å². The molecule has 3 nitrogen and oxygen atoms in total. The molecular weight excluding hydrogens is 210 g/mol. The van der Waals surface area contributed by atoms with Crippen LogP contribution in [0.4, 0.5) is 0 Å². The summed E-state index contributed by atoms with van der Waals surface area (Å²) in [5.41, 5.74) is 7.57. The van der Waals surface area contributed by atoms with Crippen LogP contribution in [0.15, 0.2) is 4.99 Å². The molecule has 1 saturated heterocycles. The topological polar surface area (TPSA) is 41.6 Å². The molecule has 1 saturated carbocycles. The van der Waals surface area contributed by atoms with E-state index in [2.05, 4.69) is 16.8 Å². The van der Waals surface area contributed by atoms with Crippen molar-refractivity contribution in [3.8, 4) is 0 Å². The molecule has 3 heteroatoms. The molecule has 2 fully saturated rings. The van der Waals surface area contributed by atoms with E-state index < -0.39 is 0 Å². The highest BCUT2D eigenvalue weighted by Crippen LogP contribution is 2.37. The van der Waals surface area contributed by atoms with Gasteiger partial charge < -0.3 is 10.6 Å². The van der Waals surface area contributed by atoms with Crippen molar-refractivity contribution in [3.05, 3.63) is 0 Å². The van der Waals surface area contributed by atoms with E-state index in [1.165, 1.54) is 44.5 Å². The number of nitrogens with two attached hydrogens (primary N) is 1. The molecule has 2 aliphatic heterocycles. The first-order valence-electron chi connectivity index (χ1n) is 7.27. The van der Waals surface area contributed by atoms with Crippen molar-refractivity contribution in [3.63, 3.8) is 0 Å². The van der Waals surface area contributed by atoms with Gasteiger partial charge in [-0.1, -0.05) is 6.42 Å². The monoisotopic (exact) mass is 235 g/mol. The number of hydrogen-bond donors (Lipinski definition) is 1. The zero-order chi connectivity index (χ0) is 11.8. The fraction of sp³-hybridized carbons (Fsp3) is 0.929. The number of aliphatic imine (C=N–C) groups is 1. The van der Waals surface area contributed by atoms with E-state index >= 15 is 0 Å². The Morgan fingerprint density at radius 1 is 1.29 bits per heavy atom. The van der Waals surface area contributed by atoms with Gasteiger partial charge in [0, 0.05) is 31.4 Å². The van der Waals surface area contributed by atoms with E-state index in [1.54, 1.807) is 0 Å². The third-order valence-electron chi connectivity index (χ3n) is 4.89. The maximum absolute atomic E-state index is 6.30. The van der Waals surface area contributed by atoms with Crippen molar-refractivity contribution in [2.45, 2.75) is 51.1 Å². The highest BCUT2D eigenvalue weighted by molar-refractivity contribution is 5.91. The van der Waals surface area contributed by atoms with Crippen LogP contribution in [0.1, 0.15) is 39.0 Å². The van der Waals surface area contributed by atoms with Gasteiger partial charge in [0.1, 0.15) is 0 Å². The van der Waals surface area contributed by atoms with Crippen LogP contribution < -0.4 is 5.73 Å². The molecule has 1 aliphatic carbocycles. The summed E-state index contributed by atoms with van der Waals surface area (Å²) in [5.74, 6) is 1.96. The highest BCUT2D eigenvalue weighted by atomic mass is 15.2. The van der Waals surface area contributed by atoms with E-state index in [0.29, 0.717) is 6.04 Å². The Morgan fingerprint density at radius 2 is 2.00 bits per heavy atom. The third kappa shape index (κ3) is 2.41. The maximum Gasteiger partial charge on any atom is 0.0555 e. The minimum Gasteiger partial charge on any atom is -0.322 e. The molecule has 2 N–H and O–H groups in total. The molecular formula is C14H25N3. The molecule has 3 aliphatic rings. The second-order valence-corrected chi connectivity index (χ2v) is 6.28. The van der Waals surface area contributed by atoms with E-state index in [-0.39, 0.29) is 6.04 Å². The van der Waals surface area contributed by atoms with Crippen molar-refractivity contribution < 1.29 is 0 Å². The van der Waals surface area contributed by atoms with Crippen molar-refractivity contribution in [2.75, 3.05) is 19.6 Å². The highest BCUT2D eigenvalue weighted by Gasteiger charge is 2.36. The molecule has 3 rings (SSSR count). The molecule has 17 heavy (non-hydrogen) atoms. The molecule has 4 unspecified atom stereocenters. The lowest BCUT2D eigenvalue weighted by atomic mass is 10.0. The number of likely N-dealkylation sites (tertiary alicyclic amines) is 1. The predicted octanol–water partition coefficient (Wildman–Crippen LogP) is 1.67. The van der Waals surface area contributed by atoms with Gasteiger partial charge >= 0.3 is 0 Å². The summed E-state index contributed by atoms with van der Waals surface area (Å²) in [5, 5.41) is 0. The minimum atomic E-state index is 0.193. The van der Waals surface area contributed by atoms with Gasteiger partial charge in [-0.15, -0.1) is 0 Å². The lowest BCUT2D eigenvalue weighted by Gasteiger charge is -2.21. The van der Waals surface area contributed by atoms with Crippen LogP contribution >= 0.6 is 0 Å². The lowest BCUT2D eigenvalue weighted by molar-refractivity contribution is 0.308. The molecule has 0 aromatic rings. The van der Waals surface area contributed by atoms with E-state index in [0.717, 1.165) is 24.8 Å². The number of fused-ring (bicyclic) bond motifs is 1. The molecule has 2 heterocycles. The minimum absolute atomic E-state index is 0.193. The Morgan fingerprint density at radius 3 is 2.59 bits per heavy atom. The average molecular weight is 235 g/mol. The van der Waals surface area contributed by atoms with Crippen molar-refractivity contribution >= 4 is 5.71 Å². The summed E-state index contributed by atoms with van der Waals surface area (Å²) in [6.45, 7) is 5.82. The molecule has 96 valence electrons. The molecule has 0 amide bonds. The molecule has 0 spiro atoms. The number of rotatable bonds is 3. The van der Waals surface area contributed by atoms with Gasteiger partial charge in [-0.05, 0) is 44.4 Å². The Bertz CT molecular complexity index is 301. The average Bonchev–Trinajstić information content (AvgIpc) is 2.92. The van der Waals surface area contributed by atoms with E-state index in [4.69, 9.17) is 5.73 Å². The van der Waals surface area contributed by atoms with Gasteiger partial charge in [-0.3, -0.25) is 4.99 Å². The first kappa shape index (κ1) is 11.7. The lowest BCUT2D eigenvalue weighted by Crippen LogP contribution is -2.41. The fourth-order valence-corrected chi connectivity index (χ4v) is 3.91. The van der Waals surface area contributed by atoms with Gasteiger partial charge in [-0.25, -0.2) is 0 Å². The predicted molar refractivity (Wildman–Crippen MR) is 71.4 cm³/mol. The number of nitrogens with zero attached hydrogens (tertiary/aromatic N) is 2. The smallest absolute Gasteiger partial charge is 0.0555 e. The van der Waals surface area contributed by atoms with Gasteiger partial charge in [0.2, 0.25) is 0 Å². The quantitative estimate of drug-likeness (QED) is 0.808.